The largest absolute Gasteiger partial charge is 0.386 e. The minimum absolute atomic E-state index is 0. The summed E-state index contributed by atoms with van der Waals surface area (Å²) in [5.41, 5.74) is 1.54. The summed E-state index contributed by atoms with van der Waals surface area (Å²) in [6.07, 6.45) is 4.08. The normalized spacial score (nSPS) is 9.94. The van der Waals surface area contributed by atoms with Gasteiger partial charge in [0, 0.05) is 25.9 Å². The monoisotopic (exact) mass is 273 g/mol. The summed E-state index contributed by atoms with van der Waals surface area (Å²) in [5.74, 6) is -1.09. The number of rotatable bonds is 4. The highest BCUT2D eigenvalue weighted by atomic mass is 35.5. The van der Waals surface area contributed by atoms with Gasteiger partial charge in [0.05, 0.1) is 11.9 Å². The fraction of sp³-hybridized carbons (Fsp3) is 0.250. The molecule has 0 aliphatic carbocycles. The van der Waals surface area contributed by atoms with Crippen molar-refractivity contribution in [3.05, 3.63) is 47.8 Å². The summed E-state index contributed by atoms with van der Waals surface area (Å²) in [7, 11) is 1.81. The minimum atomic E-state index is -0.545. The molecule has 0 fully saturated rings. The van der Waals surface area contributed by atoms with Crippen molar-refractivity contribution in [1.29, 1.82) is 0 Å². The molecule has 1 aromatic carbocycles. The summed E-state index contributed by atoms with van der Waals surface area (Å²) < 4.78 is 27.6. The molecule has 6 heteroatoms. The van der Waals surface area contributed by atoms with Gasteiger partial charge in [-0.15, -0.1) is 12.4 Å². The number of nitrogens with zero attached hydrogens (tertiary/aromatic N) is 2. The highest BCUT2D eigenvalue weighted by molar-refractivity contribution is 5.85. The molecule has 1 aromatic heterocycles. The lowest BCUT2D eigenvalue weighted by atomic mass is 10.1. The predicted molar refractivity (Wildman–Crippen MR) is 69.1 cm³/mol. The van der Waals surface area contributed by atoms with Crippen LogP contribution in [0.25, 0.3) is 0 Å². The van der Waals surface area contributed by atoms with Crippen LogP contribution in [-0.2, 0) is 13.0 Å². The molecule has 0 atom stereocenters. The third-order valence-electron chi connectivity index (χ3n) is 2.47. The Bertz CT molecular complexity index is 494. The van der Waals surface area contributed by atoms with Crippen LogP contribution in [0.2, 0.25) is 0 Å². The topological polar surface area (TPSA) is 29.9 Å². The fourth-order valence-corrected chi connectivity index (χ4v) is 1.61. The van der Waals surface area contributed by atoms with Crippen molar-refractivity contribution in [2.24, 2.45) is 0 Å². The molecule has 2 aromatic rings. The Kier molecular flexibility index (Phi) is 5.09. The Labute approximate surface area is 110 Å². The molecule has 0 aliphatic heterocycles. The molecular weight excluding hydrogens is 260 g/mol. The number of aromatic nitrogens is 2. The van der Waals surface area contributed by atoms with Crippen molar-refractivity contribution in [3.8, 4) is 0 Å². The van der Waals surface area contributed by atoms with E-state index in [0.29, 0.717) is 18.5 Å². The van der Waals surface area contributed by atoms with E-state index in [1.807, 2.05) is 13.2 Å². The van der Waals surface area contributed by atoms with Gasteiger partial charge in [0.1, 0.15) is 11.6 Å². The Balaban J connectivity index is 0.00000162. The lowest BCUT2D eigenvalue weighted by molar-refractivity contribution is 0.570. The molecule has 1 heterocycles. The molecule has 0 bridgehead atoms. The van der Waals surface area contributed by atoms with Gasteiger partial charge in [-0.2, -0.15) is 5.10 Å². The van der Waals surface area contributed by atoms with Gasteiger partial charge in [0.25, 0.3) is 0 Å². The van der Waals surface area contributed by atoms with Crippen molar-refractivity contribution in [2.75, 3.05) is 12.4 Å². The van der Waals surface area contributed by atoms with E-state index in [-0.39, 0.29) is 12.4 Å². The van der Waals surface area contributed by atoms with E-state index in [4.69, 9.17) is 0 Å². The van der Waals surface area contributed by atoms with Gasteiger partial charge < -0.3 is 5.32 Å². The lowest BCUT2D eigenvalue weighted by Gasteiger charge is -2.03. The zero-order valence-electron chi connectivity index (χ0n) is 9.86. The number of hydrogen-bond donors (Lipinski definition) is 1. The molecule has 0 aliphatic rings. The van der Waals surface area contributed by atoms with Crippen LogP contribution in [0.5, 0.6) is 0 Å². The molecule has 0 saturated carbocycles. The van der Waals surface area contributed by atoms with E-state index in [9.17, 15) is 8.78 Å². The third-order valence-corrected chi connectivity index (χ3v) is 2.47. The average Bonchev–Trinajstić information content (AvgIpc) is 2.73. The summed E-state index contributed by atoms with van der Waals surface area (Å²) in [4.78, 5) is 0. The Morgan fingerprint density at radius 1 is 1.22 bits per heavy atom. The maximum Gasteiger partial charge on any atom is 0.126 e. The maximum atomic E-state index is 12.9. The summed E-state index contributed by atoms with van der Waals surface area (Å²) >= 11 is 0. The second-order valence-electron chi connectivity index (χ2n) is 3.77. The number of benzene rings is 1. The van der Waals surface area contributed by atoms with Gasteiger partial charge >= 0.3 is 0 Å². The number of hydrogen-bond acceptors (Lipinski definition) is 2. The molecule has 0 radical (unpaired) electrons. The van der Waals surface area contributed by atoms with Crippen molar-refractivity contribution < 1.29 is 8.78 Å². The van der Waals surface area contributed by atoms with Crippen LogP contribution in [-0.4, -0.2) is 16.8 Å². The zero-order chi connectivity index (χ0) is 12.3. The zero-order valence-corrected chi connectivity index (χ0v) is 10.7. The number of halogens is 3. The number of aryl methyl sites for hydroxylation is 2. The standard InChI is InChI=1S/C12H13F2N3.ClH/c1-15-12-7-16-17(8-12)3-2-9-4-10(13)6-11(14)5-9;/h4-8,15H,2-3H2,1H3;1H. The molecule has 98 valence electrons. The van der Waals surface area contributed by atoms with Crippen LogP contribution in [0.3, 0.4) is 0 Å². The molecule has 2 rings (SSSR count). The van der Waals surface area contributed by atoms with E-state index < -0.39 is 11.6 Å². The van der Waals surface area contributed by atoms with E-state index >= 15 is 0 Å². The lowest BCUT2D eigenvalue weighted by Crippen LogP contribution is -2.02. The Hall–Kier alpha value is -1.62. The third kappa shape index (κ3) is 3.70. The quantitative estimate of drug-likeness (QED) is 0.928. The predicted octanol–water partition coefficient (Wildman–Crippen LogP) is 2.87. The van der Waals surface area contributed by atoms with Crippen molar-refractivity contribution >= 4 is 18.1 Å². The fourth-order valence-electron chi connectivity index (χ4n) is 1.61. The maximum absolute atomic E-state index is 12.9. The second-order valence-corrected chi connectivity index (χ2v) is 3.77. The first kappa shape index (κ1) is 14.4. The number of nitrogens with one attached hydrogen (secondary N) is 1. The van der Waals surface area contributed by atoms with Gasteiger partial charge in [-0.3, -0.25) is 4.68 Å². The van der Waals surface area contributed by atoms with Crippen LogP contribution in [0.4, 0.5) is 14.5 Å². The molecular formula is C12H14ClF2N3. The van der Waals surface area contributed by atoms with Crippen LogP contribution in [0, 0.1) is 11.6 Å². The van der Waals surface area contributed by atoms with E-state index in [2.05, 4.69) is 10.4 Å². The van der Waals surface area contributed by atoms with E-state index in [0.717, 1.165) is 11.8 Å². The van der Waals surface area contributed by atoms with Crippen molar-refractivity contribution in [1.82, 2.24) is 9.78 Å². The molecule has 0 unspecified atom stereocenters. The first-order valence-corrected chi connectivity index (χ1v) is 5.32. The van der Waals surface area contributed by atoms with Gasteiger partial charge in [-0.1, -0.05) is 0 Å². The van der Waals surface area contributed by atoms with Gasteiger partial charge in [0.15, 0.2) is 0 Å². The van der Waals surface area contributed by atoms with Crippen molar-refractivity contribution in [2.45, 2.75) is 13.0 Å². The van der Waals surface area contributed by atoms with Gasteiger partial charge in [-0.25, -0.2) is 8.78 Å². The smallest absolute Gasteiger partial charge is 0.126 e. The Morgan fingerprint density at radius 3 is 2.44 bits per heavy atom. The van der Waals surface area contributed by atoms with E-state index in [1.54, 1.807) is 10.9 Å². The minimum Gasteiger partial charge on any atom is -0.386 e. The molecule has 1 N–H and O–H groups in total. The van der Waals surface area contributed by atoms with Crippen LogP contribution >= 0.6 is 12.4 Å². The van der Waals surface area contributed by atoms with Crippen molar-refractivity contribution in [3.63, 3.8) is 0 Å². The molecule has 0 saturated heterocycles. The van der Waals surface area contributed by atoms with Crippen LogP contribution < -0.4 is 5.32 Å². The van der Waals surface area contributed by atoms with Gasteiger partial charge in [-0.05, 0) is 24.1 Å². The SMILES string of the molecule is CNc1cnn(CCc2cc(F)cc(F)c2)c1.Cl. The second kappa shape index (κ2) is 6.35. The van der Waals surface area contributed by atoms with E-state index in [1.165, 1.54) is 12.1 Å². The summed E-state index contributed by atoms with van der Waals surface area (Å²) in [5, 5.41) is 7.07. The summed E-state index contributed by atoms with van der Waals surface area (Å²) in [6.45, 7) is 0.588. The highest BCUT2D eigenvalue weighted by Crippen LogP contribution is 2.10. The summed E-state index contributed by atoms with van der Waals surface area (Å²) in [6, 6.07) is 3.55. The first-order chi connectivity index (χ1) is 8.17. The van der Waals surface area contributed by atoms with Gasteiger partial charge in [0.2, 0.25) is 0 Å². The average molecular weight is 274 g/mol. The van der Waals surface area contributed by atoms with Crippen LogP contribution in [0.15, 0.2) is 30.6 Å². The molecule has 18 heavy (non-hydrogen) atoms. The first-order valence-electron chi connectivity index (χ1n) is 5.32. The van der Waals surface area contributed by atoms with Crippen LogP contribution in [0.1, 0.15) is 5.56 Å². The highest BCUT2D eigenvalue weighted by Gasteiger charge is 2.02. The molecule has 0 amide bonds. The molecule has 0 spiro atoms. The molecule has 3 nitrogen and oxygen atoms in total. The Morgan fingerprint density at radius 2 is 1.89 bits per heavy atom. The number of anilines is 1.